The molecule has 0 radical (unpaired) electrons. The Labute approximate surface area is 61.1 Å². The van der Waals surface area contributed by atoms with E-state index in [9.17, 15) is 4.79 Å². The largest absolute Gasteiger partial charge is 0.367 e. The van der Waals surface area contributed by atoms with Gasteiger partial charge in [0.2, 0.25) is 5.00 Å². The van der Waals surface area contributed by atoms with E-state index in [2.05, 4.69) is 9.12 Å². The second kappa shape index (κ2) is 2.17. The third-order valence-electron chi connectivity index (χ3n) is 0.836. The van der Waals surface area contributed by atoms with Gasteiger partial charge in [-0.1, -0.05) is 11.6 Å². The molecular formula is C3H4ClN3OS. The predicted octanol–water partition coefficient (Wildman–Crippen LogP) is -0.356. The molecule has 1 heterocycles. The summed E-state index contributed by atoms with van der Waals surface area (Å²) in [6.45, 7) is 0. The summed E-state index contributed by atoms with van der Waals surface area (Å²) in [5.41, 5.74) is 4.89. The van der Waals surface area contributed by atoms with Crippen LogP contribution in [0, 0.1) is 0 Å². The van der Waals surface area contributed by atoms with Crippen molar-refractivity contribution in [3.63, 3.8) is 0 Å². The number of carbonyl (C=O) groups excluding carboxylic acids is 1. The standard InChI is InChI=1S/C3H4ClN3OS/c4-3(2(5)8)1-6-9-7-3/h1,7H,(H2,5,8). The maximum absolute atomic E-state index is 10.4. The number of hydrogen-bond donors (Lipinski definition) is 2. The van der Waals surface area contributed by atoms with Gasteiger partial charge in [-0.05, 0) is 0 Å². The van der Waals surface area contributed by atoms with Gasteiger partial charge in [-0.2, -0.15) is 0 Å². The van der Waals surface area contributed by atoms with Crippen molar-refractivity contribution in [1.29, 1.82) is 0 Å². The Kier molecular flexibility index (Phi) is 1.65. The highest BCUT2D eigenvalue weighted by Gasteiger charge is 2.35. The van der Waals surface area contributed by atoms with Crippen LogP contribution in [0.1, 0.15) is 0 Å². The summed E-state index contributed by atoms with van der Waals surface area (Å²) in [5, 5.41) is 0. The maximum atomic E-state index is 10.4. The Morgan fingerprint density at radius 3 is 2.89 bits per heavy atom. The molecule has 0 saturated carbocycles. The molecule has 0 bridgehead atoms. The van der Waals surface area contributed by atoms with E-state index in [1.807, 2.05) is 0 Å². The summed E-state index contributed by atoms with van der Waals surface area (Å²) in [5.74, 6) is -0.641. The van der Waals surface area contributed by atoms with E-state index in [0.29, 0.717) is 0 Å². The van der Waals surface area contributed by atoms with Crippen LogP contribution in [0.25, 0.3) is 0 Å². The molecule has 1 unspecified atom stereocenters. The zero-order chi connectivity index (χ0) is 6.91. The number of carbonyl (C=O) groups is 1. The van der Waals surface area contributed by atoms with Crippen LogP contribution in [0.5, 0.6) is 0 Å². The molecule has 0 aromatic heterocycles. The van der Waals surface area contributed by atoms with Gasteiger partial charge in [0.15, 0.2) is 0 Å². The van der Waals surface area contributed by atoms with Gasteiger partial charge in [0, 0.05) is 0 Å². The number of primary amides is 1. The van der Waals surface area contributed by atoms with Crippen LogP contribution >= 0.6 is 23.7 Å². The Bertz CT molecular complexity index is 172. The van der Waals surface area contributed by atoms with Gasteiger partial charge in [0.25, 0.3) is 5.91 Å². The lowest BCUT2D eigenvalue weighted by molar-refractivity contribution is -0.119. The Hall–Kier alpha value is -0.260. The summed E-state index contributed by atoms with van der Waals surface area (Å²) in [4.78, 5) is 9.17. The molecule has 3 N–H and O–H groups in total. The molecule has 0 aromatic carbocycles. The Balaban J connectivity index is 2.74. The third kappa shape index (κ3) is 1.17. The molecule has 1 aliphatic heterocycles. The molecule has 50 valence electrons. The second-order valence-corrected chi connectivity index (χ2v) is 2.70. The van der Waals surface area contributed by atoms with Gasteiger partial charge in [-0.3, -0.25) is 4.79 Å². The number of hydrogen-bond acceptors (Lipinski definition) is 4. The van der Waals surface area contributed by atoms with E-state index in [-0.39, 0.29) is 0 Å². The van der Waals surface area contributed by atoms with Crippen molar-refractivity contribution in [3.05, 3.63) is 0 Å². The third-order valence-corrected chi connectivity index (χ3v) is 1.95. The highest BCUT2D eigenvalue weighted by atomic mass is 35.5. The molecule has 6 heteroatoms. The molecule has 4 nitrogen and oxygen atoms in total. The molecule has 0 aromatic rings. The fourth-order valence-corrected chi connectivity index (χ4v) is 1.09. The van der Waals surface area contributed by atoms with Crippen molar-refractivity contribution < 1.29 is 4.79 Å². The first kappa shape index (κ1) is 6.85. The van der Waals surface area contributed by atoms with E-state index < -0.39 is 10.9 Å². The van der Waals surface area contributed by atoms with E-state index in [0.717, 1.165) is 12.1 Å². The molecule has 0 saturated heterocycles. The van der Waals surface area contributed by atoms with Gasteiger partial charge in [-0.15, -0.1) is 0 Å². The van der Waals surface area contributed by atoms with E-state index in [1.165, 1.54) is 6.21 Å². The minimum atomic E-state index is -1.27. The van der Waals surface area contributed by atoms with Crippen molar-refractivity contribution in [2.45, 2.75) is 5.00 Å². The highest BCUT2D eigenvalue weighted by Crippen LogP contribution is 2.19. The number of halogens is 1. The molecule has 9 heavy (non-hydrogen) atoms. The summed E-state index contributed by atoms with van der Waals surface area (Å²) in [6.07, 6.45) is 1.27. The zero-order valence-corrected chi connectivity index (χ0v) is 5.87. The van der Waals surface area contributed by atoms with Gasteiger partial charge < -0.3 is 5.73 Å². The van der Waals surface area contributed by atoms with Crippen LogP contribution in [0.15, 0.2) is 4.40 Å². The summed E-state index contributed by atoms with van der Waals surface area (Å²) in [7, 11) is 0. The average molecular weight is 166 g/mol. The van der Waals surface area contributed by atoms with E-state index >= 15 is 0 Å². The maximum Gasteiger partial charge on any atom is 0.259 e. The predicted molar refractivity (Wildman–Crippen MR) is 37.0 cm³/mol. The van der Waals surface area contributed by atoms with E-state index in [4.69, 9.17) is 17.3 Å². The van der Waals surface area contributed by atoms with Crippen molar-refractivity contribution in [3.8, 4) is 0 Å². The number of nitrogens with one attached hydrogen (secondary N) is 1. The normalized spacial score (nSPS) is 33.0. The molecule has 1 rings (SSSR count). The molecule has 1 amide bonds. The lowest BCUT2D eigenvalue weighted by Crippen LogP contribution is -2.46. The highest BCUT2D eigenvalue weighted by molar-refractivity contribution is 7.96. The lowest BCUT2D eigenvalue weighted by Gasteiger charge is -2.10. The minimum Gasteiger partial charge on any atom is -0.367 e. The second-order valence-electron chi connectivity index (χ2n) is 1.50. The van der Waals surface area contributed by atoms with Crippen molar-refractivity contribution in [2.75, 3.05) is 0 Å². The number of amides is 1. The number of nitrogens with zero attached hydrogens (tertiary/aromatic N) is 1. The zero-order valence-electron chi connectivity index (χ0n) is 4.30. The summed E-state index contributed by atoms with van der Waals surface area (Å²) >= 11 is 6.55. The molecule has 0 fully saturated rings. The van der Waals surface area contributed by atoms with Gasteiger partial charge in [0.05, 0.1) is 18.3 Å². The molecule has 1 atom stereocenters. The molecule has 0 spiro atoms. The first-order valence-electron chi connectivity index (χ1n) is 2.12. The molecule has 0 aliphatic carbocycles. The molecule has 1 aliphatic rings. The minimum absolute atomic E-state index is 0.641. The van der Waals surface area contributed by atoms with Crippen LogP contribution in [-0.2, 0) is 4.79 Å². The van der Waals surface area contributed by atoms with Crippen LogP contribution in [-0.4, -0.2) is 17.1 Å². The number of alkyl halides is 1. The van der Waals surface area contributed by atoms with Crippen LogP contribution in [0.2, 0.25) is 0 Å². The number of rotatable bonds is 1. The van der Waals surface area contributed by atoms with Crippen molar-refractivity contribution in [1.82, 2.24) is 4.72 Å². The first-order valence-corrected chi connectivity index (χ1v) is 3.27. The Morgan fingerprint density at radius 2 is 2.67 bits per heavy atom. The Morgan fingerprint density at radius 1 is 2.00 bits per heavy atom. The summed E-state index contributed by atoms with van der Waals surface area (Å²) in [6, 6.07) is 0. The topological polar surface area (TPSA) is 67.5 Å². The van der Waals surface area contributed by atoms with Crippen LogP contribution in [0.4, 0.5) is 0 Å². The SMILES string of the molecule is NC(=O)C1(Cl)C=NSN1. The lowest BCUT2D eigenvalue weighted by atomic mass is 10.3. The van der Waals surface area contributed by atoms with Gasteiger partial charge >= 0.3 is 0 Å². The fraction of sp³-hybridized carbons (Fsp3) is 0.333. The monoisotopic (exact) mass is 165 g/mol. The van der Waals surface area contributed by atoms with Crippen molar-refractivity contribution >= 4 is 35.9 Å². The van der Waals surface area contributed by atoms with E-state index in [1.54, 1.807) is 0 Å². The van der Waals surface area contributed by atoms with Gasteiger partial charge in [0.1, 0.15) is 0 Å². The van der Waals surface area contributed by atoms with Crippen LogP contribution < -0.4 is 10.5 Å². The average Bonchev–Trinajstić information content (AvgIpc) is 2.16. The van der Waals surface area contributed by atoms with Crippen LogP contribution in [0.3, 0.4) is 0 Å². The quantitative estimate of drug-likeness (QED) is 0.317. The van der Waals surface area contributed by atoms with Gasteiger partial charge in [-0.25, -0.2) is 9.12 Å². The summed E-state index contributed by atoms with van der Waals surface area (Å²) < 4.78 is 6.12. The smallest absolute Gasteiger partial charge is 0.259 e. The first-order chi connectivity index (χ1) is 4.15. The van der Waals surface area contributed by atoms with Crippen molar-refractivity contribution in [2.24, 2.45) is 10.1 Å². The number of nitrogens with two attached hydrogens (primary N) is 1. The molecular weight excluding hydrogens is 162 g/mol. The fourth-order valence-electron chi connectivity index (χ4n) is 0.332.